The molecule has 0 saturated heterocycles. The molecule has 1 heterocycles. The van der Waals surface area contributed by atoms with Crippen LogP contribution in [-0.4, -0.2) is 17.5 Å². The van der Waals surface area contributed by atoms with Crippen molar-refractivity contribution < 1.29 is 4.79 Å². The summed E-state index contributed by atoms with van der Waals surface area (Å²) in [5.41, 5.74) is 7.28. The zero-order valence-electron chi connectivity index (χ0n) is 7.06. The number of halogens is 1. The molecule has 13 heavy (non-hydrogen) atoms. The molecule has 3 nitrogen and oxygen atoms in total. The number of rotatable bonds is 1. The van der Waals surface area contributed by atoms with Crippen LogP contribution in [-0.2, 0) is 6.54 Å². The third kappa shape index (κ3) is 1.53. The van der Waals surface area contributed by atoms with Crippen LogP contribution < -0.4 is 5.73 Å². The number of carbonyl (C=O) groups is 1. The summed E-state index contributed by atoms with van der Waals surface area (Å²) in [5, 5.41) is 0. The molecule has 0 aromatic heterocycles. The first-order valence-electron chi connectivity index (χ1n) is 3.90. The van der Waals surface area contributed by atoms with E-state index in [2.05, 4.69) is 0 Å². The highest BCUT2D eigenvalue weighted by Gasteiger charge is 2.24. The summed E-state index contributed by atoms with van der Waals surface area (Å²) in [6.45, 7) is 0.957. The summed E-state index contributed by atoms with van der Waals surface area (Å²) in [6.07, 6.45) is 0. The number of hydrogen-bond donors (Lipinski definition) is 1. The largest absolute Gasteiger partial charge is 0.322 e. The van der Waals surface area contributed by atoms with Crippen LogP contribution in [0.4, 0.5) is 0 Å². The van der Waals surface area contributed by atoms with E-state index in [1.807, 2.05) is 24.3 Å². The molecular weight excluding hydrogens is 188 g/mol. The lowest BCUT2D eigenvalue weighted by atomic mass is 10.1. The Balaban J connectivity index is 0.000000845. The monoisotopic (exact) mass is 198 g/mol. The summed E-state index contributed by atoms with van der Waals surface area (Å²) >= 11 is 0. The van der Waals surface area contributed by atoms with Crippen LogP contribution in [0.3, 0.4) is 0 Å². The van der Waals surface area contributed by atoms with Gasteiger partial charge in [0.15, 0.2) is 0 Å². The zero-order chi connectivity index (χ0) is 8.55. The van der Waals surface area contributed by atoms with Crippen molar-refractivity contribution in [1.82, 2.24) is 4.90 Å². The molecule has 0 saturated carbocycles. The minimum absolute atomic E-state index is 0. The SMILES string of the molecule is Cl.NCN1Cc2ccccc2C1=O. The van der Waals surface area contributed by atoms with Crippen LogP contribution in [0.5, 0.6) is 0 Å². The minimum Gasteiger partial charge on any atom is -0.322 e. The molecule has 1 aromatic carbocycles. The molecule has 2 N–H and O–H groups in total. The molecule has 2 rings (SSSR count). The standard InChI is InChI=1S/C9H10N2O.ClH/c10-6-11-5-7-3-1-2-4-8(7)9(11)12;/h1-4H,5-6,10H2;1H. The Bertz CT molecular complexity index is 327. The molecule has 1 amide bonds. The molecule has 0 unspecified atom stereocenters. The minimum atomic E-state index is 0. The predicted molar refractivity (Wildman–Crippen MR) is 52.6 cm³/mol. The summed E-state index contributed by atoms with van der Waals surface area (Å²) in [5.74, 6) is 0.0492. The number of hydrogen-bond acceptors (Lipinski definition) is 2. The Morgan fingerprint density at radius 3 is 2.69 bits per heavy atom. The van der Waals surface area contributed by atoms with Crippen LogP contribution in [0, 0.1) is 0 Å². The van der Waals surface area contributed by atoms with Crippen LogP contribution in [0.25, 0.3) is 0 Å². The topological polar surface area (TPSA) is 46.3 Å². The molecule has 4 heteroatoms. The number of nitrogens with zero attached hydrogens (tertiary/aromatic N) is 1. The third-order valence-corrected chi connectivity index (χ3v) is 2.12. The second-order valence-electron chi connectivity index (χ2n) is 2.84. The summed E-state index contributed by atoms with van der Waals surface area (Å²) < 4.78 is 0. The van der Waals surface area contributed by atoms with Gasteiger partial charge in [0.2, 0.25) is 0 Å². The van der Waals surface area contributed by atoms with E-state index in [1.165, 1.54) is 0 Å². The fourth-order valence-electron chi connectivity index (χ4n) is 1.46. The molecule has 0 aliphatic carbocycles. The second-order valence-corrected chi connectivity index (χ2v) is 2.84. The normalized spacial score (nSPS) is 13.9. The molecule has 1 aliphatic rings. The molecule has 0 fully saturated rings. The maximum absolute atomic E-state index is 11.5. The molecule has 70 valence electrons. The predicted octanol–water partition coefficient (Wildman–Crippen LogP) is 0.980. The van der Waals surface area contributed by atoms with Crippen molar-refractivity contribution in [3.63, 3.8) is 0 Å². The van der Waals surface area contributed by atoms with Gasteiger partial charge in [-0.2, -0.15) is 0 Å². The zero-order valence-corrected chi connectivity index (χ0v) is 7.88. The Hall–Kier alpha value is -1.06. The summed E-state index contributed by atoms with van der Waals surface area (Å²) in [7, 11) is 0. The highest BCUT2D eigenvalue weighted by molar-refractivity contribution is 5.98. The molecule has 0 bridgehead atoms. The quantitative estimate of drug-likeness (QED) is 0.731. The first-order valence-corrected chi connectivity index (χ1v) is 3.90. The van der Waals surface area contributed by atoms with Gasteiger partial charge in [-0.25, -0.2) is 0 Å². The van der Waals surface area contributed by atoms with E-state index < -0.39 is 0 Å². The van der Waals surface area contributed by atoms with Crippen molar-refractivity contribution in [1.29, 1.82) is 0 Å². The molecule has 0 spiro atoms. The molecule has 1 aliphatic heterocycles. The third-order valence-electron chi connectivity index (χ3n) is 2.12. The summed E-state index contributed by atoms with van der Waals surface area (Å²) in [4.78, 5) is 13.1. The van der Waals surface area contributed by atoms with Crippen molar-refractivity contribution in [2.45, 2.75) is 6.54 Å². The van der Waals surface area contributed by atoms with E-state index in [4.69, 9.17) is 5.73 Å². The van der Waals surface area contributed by atoms with Crippen molar-refractivity contribution >= 4 is 18.3 Å². The van der Waals surface area contributed by atoms with E-state index >= 15 is 0 Å². The van der Waals surface area contributed by atoms with Crippen molar-refractivity contribution in [3.05, 3.63) is 35.4 Å². The maximum atomic E-state index is 11.5. The highest BCUT2D eigenvalue weighted by Crippen LogP contribution is 2.20. The van der Waals surface area contributed by atoms with Gasteiger partial charge < -0.3 is 10.6 Å². The number of carbonyl (C=O) groups excluding carboxylic acids is 1. The van der Waals surface area contributed by atoms with E-state index in [0.29, 0.717) is 13.2 Å². The highest BCUT2D eigenvalue weighted by atomic mass is 35.5. The smallest absolute Gasteiger partial charge is 0.255 e. The Kier molecular flexibility index (Phi) is 2.90. The first-order chi connectivity index (χ1) is 5.83. The first kappa shape index (κ1) is 10.0. The van der Waals surface area contributed by atoms with Gasteiger partial charge >= 0.3 is 0 Å². The van der Waals surface area contributed by atoms with Crippen molar-refractivity contribution in [2.75, 3.05) is 6.67 Å². The van der Waals surface area contributed by atoms with Gasteiger partial charge in [0.1, 0.15) is 0 Å². The van der Waals surface area contributed by atoms with Crippen LogP contribution in [0.1, 0.15) is 15.9 Å². The van der Waals surface area contributed by atoms with Gasteiger partial charge in [-0.3, -0.25) is 4.79 Å². The average Bonchev–Trinajstić information content (AvgIpc) is 2.44. The van der Waals surface area contributed by atoms with Gasteiger partial charge in [-0.05, 0) is 11.6 Å². The average molecular weight is 199 g/mol. The van der Waals surface area contributed by atoms with Gasteiger partial charge in [0.25, 0.3) is 5.91 Å². The van der Waals surface area contributed by atoms with Gasteiger partial charge in [-0.15, -0.1) is 12.4 Å². The molecule has 0 atom stereocenters. The van der Waals surface area contributed by atoms with E-state index in [9.17, 15) is 4.79 Å². The Morgan fingerprint density at radius 2 is 2.08 bits per heavy atom. The molecule has 1 aromatic rings. The van der Waals surface area contributed by atoms with Crippen molar-refractivity contribution in [2.24, 2.45) is 5.73 Å². The number of fused-ring (bicyclic) bond motifs is 1. The van der Waals surface area contributed by atoms with E-state index in [1.54, 1.807) is 4.90 Å². The molecular formula is C9H11ClN2O. The maximum Gasteiger partial charge on any atom is 0.255 e. The van der Waals surface area contributed by atoms with Gasteiger partial charge in [-0.1, -0.05) is 18.2 Å². The lowest BCUT2D eigenvalue weighted by Crippen LogP contribution is -2.29. The van der Waals surface area contributed by atoms with Crippen LogP contribution >= 0.6 is 12.4 Å². The summed E-state index contributed by atoms with van der Waals surface area (Å²) in [6, 6.07) is 7.61. The Morgan fingerprint density at radius 1 is 1.38 bits per heavy atom. The van der Waals surface area contributed by atoms with E-state index in [-0.39, 0.29) is 18.3 Å². The van der Waals surface area contributed by atoms with E-state index in [0.717, 1.165) is 11.1 Å². The van der Waals surface area contributed by atoms with Gasteiger partial charge in [0.05, 0.1) is 6.67 Å². The number of amides is 1. The van der Waals surface area contributed by atoms with Crippen LogP contribution in [0.15, 0.2) is 24.3 Å². The number of nitrogens with two attached hydrogens (primary N) is 1. The van der Waals surface area contributed by atoms with Crippen molar-refractivity contribution in [3.8, 4) is 0 Å². The van der Waals surface area contributed by atoms with Crippen LogP contribution in [0.2, 0.25) is 0 Å². The second kappa shape index (κ2) is 3.77. The van der Waals surface area contributed by atoms with Gasteiger partial charge in [0, 0.05) is 12.1 Å². The number of benzene rings is 1. The molecule has 0 radical (unpaired) electrons. The fraction of sp³-hybridized carbons (Fsp3) is 0.222. The lowest BCUT2D eigenvalue weighted by molar-refractivity contribution is 0.0783. The lowest BCUT2D eigenvalue weighted by Gasteiger charge is -2.10. The Labute approximate surface area is 82.9 Å². The fourth-order valence-corrected chi connectivity index (χ4v) is 1.46.